The predicted molar refractivity (Wildman–Crippen MR) is 65.8 cm³/mol. The van der Waals surface area contributed by atoms with Crippen LogP contribution in [0.3, 0.4) is 0 Å². The largest absolute Gasteiger partial charge is 0.481 e. The Morgan fingerprint density at radius 1 is 1.38 bits per heavy atom. The van der Waals surface area contributed by atoms with E-state index >= 15 is 0 Å². The molecule has 16 heavy (non-hydrogen) atoms. The van der Waals surface area contributed by atoms with Gasteiger partial charge in [0.15, 0.2) is 0 Å². The molecule has 1 unspecified atom stereocenters. The normalized spacial score (nSPS) is 12.1. The SMILES string of the molecule is CCCC(CC(=O)O)Nc1ccc(C)cc1. The highest BCUT2D eigenvalue weighted by atomic mass is 16.4. The molecule has 0 aliphatic rings. The molecule has 3 heteroatoms. The lowest BCUT2D eigenvalue weighted by atomic mass is 10.1. The molecule has 0 aliphatic heterocycles. The first-order chi connectivity index (χ1) is 7.61. The summed E-state index contributed by atoms with van der Waals surface area (Å²) in [5.74, 6) is -0.752. The number of rotatable bonds is 6. The van der Waals surface area contributed by atoms with Crippen LogP contribution in [0.25, 0.3) is 0 Å². The average molecular weight is 221 g/mol. The molecule has 0 amide bonds. The maximum Gasteiger partial charge on any atom is 0.305 e. The first kappa shape index (κ1) is 12.6. The first-order valence-corrected chi connectivity index (χ1v) is 5.66. The van der Waals surface area contributed by atoms with Gasteiger partial charge in [-0.05, 0) is 25.5 Å². The van der Waals surface area contributed by atoms with Crippen molar-refractivity contribution >= 4 is 11.7 Å². The Labute approximate surface area is 96.5 Å². The summed E-state index contributed by atoms with van der Waals surface area (Å²) in [5, 5.41) is 12.1. The maximum atomic E-state index is 10.7. The second-order valence-electron chi connectivity index (χ2n) is 4.09. The van der Waals surface area contributed by atoms with Gasteiger partial charge in [0.1, 0.15) is 0 Å². The van der Waals surface area contributed by atoms with Crippen LogP contribution in [0.1, 0.15) is 31.7 Å². The second kappa shape index (κ2) is 6.16. The Hall–Kier alpha value is -1.51. The fraction of sp³-hybridized carbons (Fsp3) is 0.462. The molecule has 0 fully saturated rings. The number of aryl methyl sites for hydroxylation is 1. The minimum Gasteiger partial charge on any atom is -0.481 e. The molecule has 1 atom stereocenters. The number of carbonyl (C=O) groups is 1. The van der Waals surface area contributed by atoms with E-state index in [1.54, 1.807) is 0 Å². The number of carboxylic acid groups (broad SMARTS) is 1. The van der Waals surface area contributed by atoms with Crippen molar-refractivity contribution < 1.29 is 9.90 Å². The third-order valence-corrected chi connectivity index (χ3v) is 2.48. The third-order valence-electron chi connectivity index (χ3n) is 2.48. The number of carboxylic acids is 1. The molecule has 1 rings (SSSR count). The van der Waals surface area contributed by atoms with Crippen molar-refractivity contribution in [3.05, 3.63) is 29.8 Å². The van der Waals surface area contributed by atoms with Crippen molar-refractivity contribution in [1.82, 2.24) is 0 Å². The van der Waals surface area contributed by atoms with Crippen LogP contribution in [0.4, 0.5) is 5.69 Å². The van der Waals surface area contributed by atoms with Gasteiger partial charge >= 0.3 is 5.97 Å². The highest BCUT2D eigenvalue weighted by Gasteiger charge is 2.11. The molecule has 0 aromatic heterocycles. The van der Waals surface area contributed by atoms with E-state index in [0.717, 1.165) is 18.5 Å². The smallest absolute Gasteiger partial charge is 0.305 e. The minimum atomic E-state index is -0.752. The molecule has 1 aromatic carbocycles. The van der Waals surface area contributed by atoms with E-state index in [4.69, 9.17) is 5.11 Å². The van der Waals surface area contributed by atoms with Gasteiger partial charge in [0.25, 0.3) is 0 Å². The van der Waals surface area contributed by atoms with Gasteiger partial charge < -0.3 is 10.4 Å². The van der Waals surface area contributed by atoms with Crippen LogP contribution in [0.15, 0.2) is 24.3 Å². The molecule has 0 saturated heterocycles. The predicted octanol–water partition coefficient (Wildman–Crippen LogP) is 3.05. The topological polar surface area (TPSA) is 49.3 Å². The van der Waals surface area contributed by atoms with E-state index in [0.29, 0.717) is 0 Å². The average Bonchev–Trinajstić information content (AvgIpc) is 2.21. The van der Waals surface area contributed by atoms with E-state index in [2.05, 4.69) is 12.2 Å². The van der Waals surface area contributed by atoms with Crippen LogP contribution in [0.2, 0.25) is 0 Å². The Bertz CT molecular complexity index is 332. The fourth-order valence-corrected chi connectivity index (χ4v) is 1.67. The monoisotopic (exact) mass is 221 g/mol. The summed E-state index contributed by atoms with van der Waals surface area (Å²) >= 11 is 0. The maximum absolute atomic E-state index is 10.7. The molecule has 88 valence electrons. The number of benzene rings is 1. The van der Waals surface area contributed by atoms with Crippen LogP contribution in [-0.4, -0.2) is 17.1 Å². The standard InChI is InChI=1S/C13H19NO2/c1-3-4-12(9-13(15)16)14-11-7-5-10(2)6-8-11/h5-8,12,14H,3-4,9H2,1-2H3,(H,15,16). The van der Waals surface area contributed by atoms with Crippen molar-refractivity contribution in [3.8, 4) is 0 Å². The number of anilines is 1. The lowest BCUT2D eigenvalue weighted by Crippen LogP contribution is -2.22. The molecule has 0 bridgehead atoms. The van der Waals surface area contributed by atoms with Crippen LogP contribution in [0.5, 0.6) is 0 Å². The zero-order chi connectivity index (χ0) is 12.0. The van der Waals surface area contributed by atoms with Crippen LogP contribution >= 0.6 is 0 Å². The lowest BCUT2D eigenvalue weighted by molar-refractivity contribution is -0.137. The number of aliphatic carboxylic acids is 1. The molecule has 2 N–H and O–H groups in total. The molecule has 0 heterocycles. The van der Waals surface area contributed by atoms with E-state index in [1.807, 2.05) is 31.2 Å². The zero-order valence-electron chi connectivity index (χ0n) is 9.86. The zero-order valence-corrected chi connectivity index (χ0v) is 9.86. The molecule has 0 saturated carbocycles. The van der Waals surface area contributed by atoms with Gasteiger partial charge in [-0.1, -0.05) is 31.0 Å². The Morgan fingerprint density at radius 3 is 2.50 bits per heavy atom. The lowest BCUT2D eigenvalue weighted by Gasteiger charge is -2.17. The van der Waals surface area contributed by atoms with Crippen LogP contribution in [-0.2, 0) is 4.79 Å². The van der Waals surface area contributed by atoms with Gasteiger partial charge in [0.2, 0.25) is 0 Å². The Balaban J connectivity index is 2.59. The van der Waals surface area contributed by atoms with Gasteiger partial charge in [-0.25, -0.2) is 0 Å². The van der Waals surface area contributed by atoms with Crippen molar-refractivity contribution in [2.24, 2.45) is 0 Å². The summed E-state index contributed by atoms with van der Waals surface area (Å²) in [4.78, 5) is 10.7. The van der Waals surface area contributed by atoms with E-state index in [-0.39, 0.29) is 12.5 Å². The molecule has 0 spiro atoms. The molecule has 0 aliphatic carbocycles. The van der Waals surface area contributed by atoms with Crippen LogP contribution < -0.4 is 5.32 Å². The highest BCUT2D eigenvalue weighted by Crippen LogP contribution is 2.14. The minimum absolute atomic E-state index is 0.0187. The van der Waals surface area contributed by atoms with Crippen LogP contribution in [0, 0.1) is 6.92 Å². The second-order valence-corrected chi connectivity index (χ2v) is 4.09. The highest BCUT2D eigenvalue weighted by molar-refractivity contribution is 5.68. The van der Waals surface area contributed by atoms with Crippen molar-refractivity contribution in [2.75, 3.05) is 5.32 Å². The Morgan fingerprint density at radius 2 is 2.00 bits per heavy atom. The van der Waals surface area contributed by atoms with Crippen molar-refractivity contribution in [1.29, 1.82) is 0 Å². The van der Waals surface area contributed by atoms with Gasteiger partial charge in [-0.3, -0.25) is 4.79 Å². The van der Waals surface area contributed by atoms with Crippen molar-refractivity contribution in [3.63, 3.8) is 0 Å². The molecule has 0 radical (unpaired) electrons. The molecular weight excluding hydrogens is 202 g/mol. The fourth-order valence-electron chi connectivity index (χ4n) is 1.67. The number of nitrogens with one attached hydrogen (secondary N) is 1. The van der Waals surface area contributed by atoms with Gasteiger partial charge in [-0.15, -0.1) is 0 Å². The summed E-state index contributed by atoms with van der Waals surface area (Å²) in [6.07, 6.45) is 2.03. The van der Waals surface area contributed by atoms with E-state index < -0.39 is 5.97 Å². The molecule has 1 aromatic rings. The van der Waals surface area contributed by atoms with E-state index in [1.165, 1.54) is 5.56 Å². The Kier molecular flexibility index (Phi) is 4.83. The van der Waals surface area contributed by atoms with Gasteiger partial charge in [-0.2, -0.15) is 0 Å². The number of hydrogen-bond acceptors (Lipinski definition) is 2. The summed E-state index contributed by atoms with van der Waals surface area (Å²) < 4.78 is 0. The first-order valence-electron chi connectivity index (χ1n) is 5.66. The quantitative estimate of drug-likeness (QED) is 0.776. The summed E-state index contributed by atoms with van der Waals surface area (Å²) in [6, 6.07) is 8.03. The van der Waals surface area contributed by atoms with Crippen molar-refractivity contribution in [2.45, 2.75) is 39.2 Å². The van der Waals surface area contributed by atoms with E-state index in [9.17, 15) is 4.79 Å². The van der Waals surface area contributed by atoms with Gasteiger partial charge in [0, 0.05) is 11.7 Å². The van der Waals surface area contributed by atoms with Gasteiger partial charge in [0.05, 0.1) is 6.42 Å². The molecule has 3 nitrogen and oxygen atoms in total. The molecular formula is C13H19NO2. The summed E-state index contributed by atoms with van der Waals surface area (Å²) in [6.45, 7) is 4.09. The number of hydrogen-bond donors (Lipinski definition) is 2. The summed E-state index contributed by atoms with van der Waals surface area (Å²) in [5.41, 5.74) is 2.20. The summed E-state index contributed by atoms with van der Waals surface area (Å²) in [7, 11) is 0. The third kappa shape index (κ3) is 4.34.